The molecule has 0 atom stereocenters. The molecule has 2 aromatic rings. The van der Waals surface area contributed by atoms with E-state index < -0.39 is 0 Å². The van der Waals surface area contributed by atoms with Gasteiger partial charge in [0.05, 0.1) is 0 Å². The van der Waals surface area contributed by atoms with Crippen LogP contribution in [0.1, 0.15) is 0 Å². The molecule has 0 saturated carbocycles. The molecule has 2 aromatic heterocycles. The fourth-order valence-electron chi connectivity index (χ4n) is 0.709. The summed E-state index contributed by atoms with van der Waals surface area (Å²) in [5.41, 5.74) is 0. The maximum atomic E-state index is 3.88. The van der Waals surface area contributed by atoms with Crippen molar-refractivity contribution in [1.29, 1.82) is 0 Å². The highest BCUT2D eigenvalue weighted by molar-refractivity contribution is 5.14. The molecule has 11 heavy (non-hydrogen) atoms. The van der Waals surface area contributed by atoms with Crippen LogP contribution in [0.25, 0.3) is 5.82 Å². The van der Waals surface area contributed by atoms with Crippen LogP contribution >= 0.6 is 0 Å². The Morgan fingerprint density at radius 1 is 1.45 bits per heavy atom. The third-order valence-corrected chi connectivity index (χ3v) is 1.17. The van der Waals surface area contributed by atoms with Gasteiger partial charge in [0.25, 0.3) is 0 Å². The summed E-state index contributed by atoms with van der Waals surface area (Å²) in [6.07, 6.45) is 7.07. The Kier molecular flexibility index (Phi) is 1.33. The van der Waals surface area contributed by atoms with Crippen molar-refractivity contribution in [2.45, 2.75) is 0 Å². The van der Waals surface area contributed by atoms with E-state index in [1.54, 1.807) is 18.6 Å². The van der Waals surface area contributed by atoms with E-state index in [0.29, 0.717) is 5.82 Å². The van der Waals surface area contributed by atoms with Crippen LogP contribution in [-0.4, -0.2) is 24.7 Å². The third kappa shape index (κ3) is 1.07. The van der Waals surface area contributed by atoms with E-state index in [2.05, 4.69) is 26.4 Å². The van der Waals surface area contributed by atoms with E-state index in [-0.39, 0.29) is 0 Å². The lowest BCUT2D eigenvalue weighted by Gasteiger charge is -1.94. The molecule has 0 aliphatic rings. The van der Waals surface area contributed by atoms with Gasteiger partial charge in [-0.3, -0.25) is 0 Å². The maximum Gasteiger partial charge on any atom is 0.199 e. The summed E-state index contributed by atoms with van der Waals surface area (Å²) < 4.78 is 1.54. The molecule has 5 nitrogen and oxygen atoms in total. The van der Waals surface area contributed by atoms with Crippen molar-refractivity contribution in [3.8, 4) is 5.82 Å². The molecule has 0 bridgehead atoms. The van der Waals surface area contributed by atoms with Crippen LogP contribution in [0.5, 0.6) is 0 Å². The first-order chi connectivity index (χ1) is 5.47. The molecule has 0 fully saturated rings. The summed E-state index contributed by atoms with van der Waals surface area (Å²) in [5, 5.41) is 3.88. The third-order valence-electron chi connectivity index (χ3n) is 1.17. The highest BCUT2D eigenvalue weighted by Crippen LogP contribution is 1.95. The smallest absolute Gasteiger partial charge is 0.199 e. The van der Waals surface area contributed by atoms with E-state index in [1.165, 1.54) is 11.0 Å². The number of rotatable bonds is 1. The Hall–Kier alpha value is -1.78. The van der Waals surface area contributed by atoms with Crippen LogP contribution < -0.4 is 0 Å². The fourth-order valence-corrected chi connectivity index (χ4v) is 0.709. The van der Waals surface area contributed by atoms with Gasteiger partial charge in [0.2, 0.25) is 0 Å². The van der Waals surface area contributed by atoms with Crippen LogP contribution in [0.4, 0.5) is 0 Å². The SMILES string of the molecule is [c]1nccc(-n2cncn2)n1. The molecule has 0 spiro atoms. The predicted molar refractivity (Wildman–Crippen MR) is 35.8 cm³/mol. The lowest BCUT2D eigenvalue weighted by Crippen LogP contribution is -1.97. The zero-order valence-electron chi connectivity index (χ0n) is 5.55. The Bertz CT molecular complexity index is 314. The highest BCUT2D eigenvalue weighted by atomic mass is 15.3. The number of nitrogens with zero attached hydrogens (tertiary/aromatic N) is 5. The number of hydrogen-bond acceptors (Lipinski definition) is 4. The average molecular weight is 146 g/mol. The van der Waals surface area contributed by atoms with Gasteiger partial charge in [-0.05, 0) is 0 Å². The normalized spacial score (nSPS) is 9.82. The Morgan fingerprint density at radius 3 is 3.09 bits per heavy atom. The molecule has 5 heteroatoms. The molecule has 0 N–H and O–H groups in total. The van der Waals surface area contributed by atoms with Gasteiger partial charge in [0.1, 0.15) is 12.7 Å². The quantitative estimate of drug-likeness (QED) is 0.561. The van der Waals surface area contributed by atoms with Gasteiger partial charge >= 0.3 is 0 Å². The second-order valence-electron chi connectivity index (χ2n) is 1.85. The molecule has 0 amide bonds. The van der Waals surface area contributed by atoms with Crippen molar-refractivity contribution in [2.75, 3.05) is 0 Å². The van der Waals surface area contributed by atoms with E-state index in [9.17, 15) is 0 Å². The van der Waals surface area contributed by atoms with Gasteiger partial charge in [-0.1, -0.05) is 0 Å². The monoisotopic (exact) mass is 146 g/mol. The Morgan fingerprint density at radius 2 is 2.45 bits per heavy atom. The van der Waals surface area contributed by atoms with Crippen molar-refractivity contribution in [2.24, 2.45) is 0 Å². The maximum absolute atomic E-state index is 3.88. The summed E-state index contributed by atoms with van der Waals surface area (Å²) in [5.74, 6) is 0.664. The Labute approximate surface area is 62.8 Å². The summed E-state index contributed by atoms with van der Waals surface area (Å²) >= 11 is 0. The van der Waals surface area contributed by atoms with E-state index in [0.717, 1.165) is 0 Å². The molecule has 1 radical (unpaired) electrons. The fraction of sp³-hybridized carbons (Fsp3) is 0. The standard InChI is InChI=1S/C6H4N5/c1-2-7-3-9-6(1)11-5-8-4-10-11/h1-2,4-5H. The minimum absolute atomic E-state index is 0.664. The number of aromatic nitrogens is 5. The molecule has 53 valence electrons. The van der Waals surface area contributed by atoms with Crippen LogP contribution in [0, 0.1) is 6.33 Å². The summed E-state index contributed by atoms with van der Waals surface area (Å²) in [6, 6.07) is 1.73. The number of hydrogen-bond donors (Lipinski definition) is 0. The van der Waals surface area contributed by atoms with Crippen LogP contribution in [-0.2, 0) is 0 Å². The summed E-state index contributed by atoms with van der Waals surface area (Å²) in [7, 11) is 0. The molecule has 0 aliphatic carbocycles. The minimum atomic E-state index is 0.664. The van der Waals surface area contributed by atoms with Crippen LogP contribution in [0.3, 0.4) is 0 Å². The lowest BCUT2D eigenvalue weighted by molar-refractivity contribution is 0.836. The van der Waals surface area contributed by atoms with Gasteiger partial charge in [-0.2, -0.15) is 5.10 Å². The van der Waals surface area contributed by atoms with Crippen molar-refractivity contribution < 1.29 is 0 Å². The zero-order valence-corrected chi connectivity index (χ0v) is 5.55. The van der Waals surface area contributed by atoms with Crippen molar-refractivity contribution in [3.63, 3.8) is 0 Å². The van der Waals surface area contributed by atoms with Crippen LogP contribution in [0.15, 0.2) is 24.9 Å². The van der Waals surface area contributed by atoms with E-state index in [1.807, 2.05) is 0 Å². The predicted octanol–water partition coefficient (Wildman–Crippen LogP) is -0.143. The molecular formula is C6H4N5. The first-order valence-corrected chi connectivity index (χ1v) is 3.01. The molecule has 0 saturated heterocycles. The molecular weight excluding hydrogens is 142 g/mol. The minimum Gasteiger partial charge on any atom is -0.234 e. The van der Waals surface area contributed by atoms with Crippen molar-refractivity contribution in [1.82, 2.24) is 24.7 Å². The molecule has 2 heterocycles. The van der Waals surface area contributed by atoms with Gasteiger partial charge < -0.3 is 0 Å². The first-order valence-electron chi connectivity index (χ1n) is 3.01. The van der Waals surface area contributed by atoms with Crippen LogP contribution in [0.2, 0.25) is 0 Å². The lowest BCUT2D eigenvalue weighted by atomic mass is 10.6. The van der Waals surface area contributed by atoms with Crippen molar-refractivity contribution >= 4 is 0 Å². The second-order valence-corrected chi connectivity index (χ2v) is 1.85. The summed E-state index contributed by atoms with van der Waals surface area (Å²) in [4.78, 5) is 11.3. The van der Waals surface area contributed by atoms with E-state index in [4.69, 9.17) is 0 Å². The molecule has 0 unspecified atom stereocenters. The van der Waals surface area contributed by atoms with Crippen molar-refractivity contribution in [3.05, 3.63) is 31.2 Å². The largest absolute Gasteiger partial charge is 0.234 e. The topological polar surface area (TPSA) is 56.5 Å². The first kappa shape index (κ1) is 5.96. The van der Waals surface area contributed by atoms with Gasteiger partial charge in [0, 0.05) is 12.3 Å². The molecule has 2 rings (SSSR count). The zero-order chi connectivity index (χ0) is 7.52. The summed E-state index contributed by atoms with van der Waals surface area (Å²) in [6.45, 7) is 0. The van der Waals surface area contributed by atoms with Gasteiger partial charge in [-0.15, -0.1) is 0 Å². The Balaban J connectivity index is 2.46. The second kappa shape index (κ2) is 2.45. The van der Waals surface area contributed by atoms with Gasteiger partial charge in [0.15, 0.2) is 12.1 Å². The van der Waals surface area contributed by atoms with E-state index >= 15 is 0 Å². The molecule has 0 aliphatic heterocycles. The molecule has 0 aromatic carbocycles. The van der Waals surface area contributed by atoms with Gasteiger partial charge in [-0.25, -0.2) is 19.6 Å². The average Bonchev–Trinajstić information content (AvgIpc) is 2.58. The highest BCUT2D eigenvalue weighted by Gasteiger charge is 1.94.